The second-order valence-electron chi connectivity index (χ2n) is 5.31. The third-order valence-electron chi connectivity index (χ3n) is 3.54. The van der Waals surface area contributed by atoms with E-state index in [9.17, 15) is 0 Å². The van der Waals surface area contributed by atoms with Crippen LogP contribution in [0.1, 0.15) is 34.9 Å². The normalized spacial score (nSPS) is 11.1. The van der Waals surface area contributed by atoms with E-state index in [0.717, 1.165) is 30.5 Å². The molecule has 138 valence electrons. The summed E-state index contributed by atoms with van der Waals surface area (Å²) in [4.78, 5) is 9.97. The van der Waals surface area contributed by atoms with Crippen molar-refractivity contribution in [3.05, 3.63) is 51.5 Å². The highest BCUT2D eigenvalue weighted by molar-refractivity contribution is 14.0. The monoisotopic (exact) mass is 474 g/mol. The summed E-state index contributed by atoms with van der Waals surface area (Å²) in [5.74, 6) is 0.779. The Labute approximate surface area is 171 Å². The van der Waals surface area contributed by atoms with E-state index in [0.29, 0.717) is 13.2 Å². The standard InChI is InChI=1S/C18H26N4OS.HI/c1-4-16-11-20-17(24-16)12-22-18(19-3)21-10-14-6-8-15(9-7-14)13-23-5-2;/h6-9,11H,4-5,10,12-13H2,1-3H3,(H2,19,21,22);1H. The van der Waals surface area contributed by atoms with E-state index < -0.39 is 0 Å². The van der Waals surface area contributed by atoms with Crippen LogP contribution in [0.25, 0.3) is 0 Å². The maximum absolute atomic E-state index is 5.41. The Hall–Kier alpha value is -1.19. The Kier molecular flexibility index (Phi) is 10.7. The van der Waals surface area contributed by atoms with Crippen LogP contribution in [0.5, 0.6) is 0 Å². The number of benzene rings is 1. The largest absolute Gasteiger partial charge is 0.377 e. The smallest absolute Gasteiger partial charge is 0.191 e. The minimum absolute atomic E-state index is 0. The quantitative estimate of drug-likeness (QED) is 0.348. The summed E-state index contributed by atoms with van der Waals surface area (Å²) in [6.07, 6.45) is 2.98. The molecule has 0 atom stereocenters. The SMILES string of the molecule is CCOCc1ccc(CNC(=NC)NCc2ncc(CC)s2)cc1.I. The Balaban J connectivity index is 0.00000312. The number of aryl methyl sites for hydroxylation is 1. The molecule has 0 unspecified atom stereocenters. The molecule has 1 aromatic carbocycles. The summed E-state index contributed by atoms with van der Waals surface area (Å²) in [5, 5.41) is 7.70. The lowest BCUT2D eigenvalue weighted by molar-refractivity contribution is 0.134. The predicted octanol–water partition coefficient (Wildman–Crippen LogP) is 3.73. The van der Waals surface area contributed by atoms with Crippen LogP contribution in [0.2, 0.25) is 0 Å². The molecule has 2 N–H and O–H groups in total. The van der Waals surface area contributed by atoms with Crippen molar-refractivity contribution in [2.45, 2.75) is 40.0 Å². The van der Waals surface area contributed by atoms with E-state index in [-0.39, 0.29) is 24.0 Å². The molecule has 7 heteroatoms. The number of nitrogens with one attached hydrogen (secondary N) is 2. The van der Waals surface area contributed by atoms with Gasteiger partial charge in [0.1, 0.15) is 5.01 Å². The lowest BCUT2D eigenvalue weighted by Gasteiger charge is -2.11. The third-order valence-corrected chi connectivity index (χ3v) is 4.68. The van der Waals surface area contributed by atoms with E-state index in [1.54, 1.807) is 18.4 Å². The molecule has 0 spiro atoms. The van der Waals surface area contributed by atoms with E-state index in [1.807, 2.05) is 13.1 Å². The van der Waals surface area contributed by atoms with E-state index in [2.05, 4.69) is 51.8 Å². The Morgan fingerprint density at radius 1 is 1.12 bits per heavy atom. The molecule has 0 radical (unpaired) electrons. The van der Waals surface area contributed by atoms with Gasteiger partial charge in [-0.3, -0.25) is 4.99 Å². The average molecular weight is 474 g/mol. The fourth-order valence-electron chi connectivity index (χ4n) is 2.13. The maximum atomic E-state index is 5.41. The minimum Gasteiger partial charge on any atom is -0.377 e. The van der Waals surface area contributed by atoms with Crippen molar-refractivity contribution in [2.24, 2.45) is 4.99 Å². The summed E-state index contributed by atoms with van der Waals surface area (Å²) >= 11 is 1.74. The van der Waals surface area contributed by atoms with Crippen LogP contribution in [0.3, 0.4) is 0 Å². The van der Waals surface area contributed by atoms with Crippen LogP contribution in [0, 0.1) is 0 Å². The summed E-state index contributed by atoms with van der Waals surface area (Å²) < 4.78 is 5.41. The fraction of sp³-hybridized carbons (Fsp3) is 0.444. The molecule has 0 aliphatic heterocycles. The average Bonchev–Trinajstić information content (AvgIpc) is 3.09. The molecular weight excluding hydrogens is 447 g/mol. The minimum atomic E-state index is 0. The topological polar surface area (TPSA) is 58.5 Å². The van der Waals surface area contributed by atoms with Crippen molar-refractivity contribution in [3.8, 4) is 0 Å². The van der Waals surface area contributed by atoms with Gasteiger partial charge in [-0.05, 0) is 24.5 Å². The highest BCUT2D eigenvalue weighted by Crippen LogP contribution is 2.12. The van der Waals surface area contributed by atoms with Crippen LogP contribution in [-0.2, 0) is 30.9 Å². The molecule has 0 aliphatic carbocycles. The summed E-state index contributed by atoms with van der Waals surface area (Å²) in [6, 6.07) is 8.43. The number of nitrogens with zero attached hydrogens (tertiary/aromatic N) is 2. The van der Waals surface area contributed by atoms with Gasteiger partial charge in [0.2, 0.25) is 0 Å². The first-order chi connectivity index (χ1) is 11.7. The maximum Gasteiger partial charge on any atom is 0.191 e. The van der Waals surface area contributed by atoms with Gasteiger partial charge < -0.3 is 15.4 Å². The van der Waals surface area contributed by atoms with Crippen molar-refractivity contribution in [3.63, 3.8) is 0 Å². The fourth-order valence-corrected chi connectivity index (χ4v) is 2.93. The molecule has 0 saturated heterocycles. The first-order valence-electron chi connectivity index (χ1n) is 8.28. The number of guanidine groups is 1. The highest BCUT2D eigenvalue weighted by Gasteiger charge is 2.03. The highest BCUT2D eigenvalue weighted by atomic mass is 127. The first kappa shape index (κ1) is 21.9. The van der Waals surface area contributed by atoms with Gasteiger partial charge in [-0.1, -0.05) is 31.2 Å². The Morgan fingerprint density at radius 2 is 1.80 bits per heavy atom. The van der Waals surface area contributed by atoms with Gasteiger partial charge in [0, 0.05) is 31.3 Å². The lowest BCUT2D eigenvalue weighted by Crippen LogP contribution is -2.36. The molecular formula is C18H27IN4OS. The van der Waals surface area contributed by atoms with Gasteiger partial charge in [0.25, 0.3) is 0 Å². The molecule has 0 bridgehead atoms. The summed E-state index contributed by atoms with van der Waals surface area (Å²) in [6.45, 7) is 6.98. The van der Waals surface area contributed by atoms with E-state index >= 15 is 0 Å². The third kappa shape index (κ3) is 7.70. The molecule has 1 aromatic heterocycles. The molecule has 25 heavy (non-hydrogen) atoms. The van der Waals surface area contributed by atoms with Crippen molar-refractivity contribution >= 4 is 41.3 Å². The van der Waals surface area contributed by atoms with Crippen LogP contribution < -0.4 is 10.6 Å². The van der Waals surface area contributed by atoms with Crippen LogP contribution in [-0.4, -0.2) is 24.6 Å². The zero-order valence-electron chi connectivity index (χ0n) is 15.0. The Morgan fingerprint density at radius 3 is 2.40 bits per heavy atom. The van der Waals surface area contributed by atoms with Gasteiger partial charge in [-0.2, -0.15) is 0 Å². The Bertz CT molecular complexity index is 643. The zero-order valence-corrected chi connectivity index (χ0v) is 18.2. The van der Waals surface area contributed by atoms with Crippen LogP contribution >= 0.6 is 35.3 Å². The van der Waals surface area contributed by atoms with Gasteiger partial charge in [0.05, 0.1) is 13.2 Å². The van der Waals surface area contributed by atoms with Crippen molar-refractivity contribution in [2.75, 3.05) is 13.7 Å². The van der Waals surface area contributed by atoms with Crippen molar-refractivity contribution in [1.29, 1.82) is 0 Å². The molecule has 2 rings (SSSR count). The van der Waals surface area contributed by atoms with Crippen molar-refractivity contribution < 1.29 is 4.74 Å². The van der Waals surface area contributed by atoms with E-state index in [4.69, 9.17) is 4.74 Å². The number of hydrogen-bond acceptors (Lipinski definition) is 4. The number of hydrogen-bond donors (Lipinski definition) is 2. The molecule has 5 nitrogen and oxygen atoms in total. The van der Waals surface area contributed by atoms with Crippen molar-refractivity contribution in [1.82, 2.24) is 15.6 Å². The first-order valence-corrected chi connectivity index (χ1v) is 9.10. The molecule has 1 heterocycles. The number of halogens is 1. The second kappa shape index (κ2) is 12.2. The summed E-state index contributed by atoms with van der Waals surface area (Å²) in [7, 11) is 1.78. The number of aromatic nitrogens is 1. The second-order valence-corrected chi connectivity index (χ2v) is 6.51. The van der Waals surface area contributed by atoms with Crippen LogP contribution in [0.4, 0.5) is 0 Å². The predicted molar refractivity (Wildman–Crippen MR) is 116 cm³/mol. The lowest BCUT2D eigenvalue weighted by atomic mass is 10.1. The number of thiazole rings is 1. The number of ether oxygens (including phenoxy) is 1. The van der Waals surface area contributed by atoms with Gasteiger partial charge in [0.15, 0.2) is 5.96 Å². The number of rotatable bonds is 8. The molecule has 2 aromatic rings. The van der Waals surface area contributed by atoms with Gasteiger partial charge in [-0.15, -0.1) is 35.3 Å². The van der Waals surface area contributed by atoms with E-state index in [1.165, 1.54) is 16.0 Å². The van der Waals surface area contributed by atoms with Crippen LogP contribution in [0.15, 0.2) is 35.5 Å². The molecule has 0 fully saturated rings. The molecule has 0 saturated carbocycles. The molecule has 0 aliphatic rings. The van der Waals surface area contributed by atoms with Gasteiger partial charge in [-0.25, -0.2) is 4.98 Å². The molecule has 0 amide bonds. The van der Waals surface area contributed by atoms with Gasteiger partial charge >= 0.3 is 0 Å². The zero-order chi connectivity index (χ0) is 17.2. The number of aliphatic imine (C=N–C) groups is 1. The summed E-state index contributed by atoms with van der Waals surface area (Å²) in [5.41, 5.74) is 2.40.